The molecular weight excluding hydrogens is 252 g/mol. The Labute approximate surface area is 123 Å². The topological polar surface area (TPSA) is 44.7 Å². The largest absolute Gasteiger partial charge is 0.394 e. The molecule has 0 radical (unpaired) electrons. The second-order valence-electron chi connectivity index (χ2n) is 6.80. The van der Waals surface area contributed by atoms with E-state index in [9.17, 15) is 5.11 Å². The minimum absolute atomic E-state index is 0.170. The zero-order valence-electron chi connectivity index (χ0n) is 13.4. The van der Waals surface area contributed by atoms with Crippen molar-refractivity contribution in [3.8, 4) is 0 Å². The van der Waals surface area contributed by atoms with E-state index in [0.29, 0.717) is 18.2 Å². The fourth-order valence-corrected chi connectivity index (χ4v) is 4.06. The first kappa shape index (κ1) is 16.2. The van der Waals surface area contributed by atoms with Crippen LogP contribution >= 0.6 is 0 Å². The zero-order chi connectivity index (χ0) is 14.6. The summed E-state index contributed by atoms with van der Waals surface area (Å²) in [6.45, 7) is 9.54. The predicted octanol–water partition coefficient (Wildman–Crippen LogP) is 1.77. The maximum atomic E-state index is 9.69. The van der Waals surface area contributed by atoms with E-state index < -0.39 is 0 Å². The smallest absolute Gasteiger partial charge is 0.0731 e. The van der Waals surface area contributed by atoms with Crippen LogP contribution in [0.2, 0.25) is 0 Å². The minimum Gasteiger partial charge on any atom is -0.394 e. The number of likely N-dealkylation sites (N-methyl/N-ethyl adjacent to an activating group) is 1. The molecule has 4 nitrogen and oxygen atoms in total. The van der Waals surface area contributed by atoms with E-state index in [2.05, 4.69) is 31.0 Å². The molecule has 4 heteroatoms. The number of fused-ring (bicyclic) bond motifs is 1. The van der Waals surface area contributed by atoms with Crippen LogP contribution in [0.4, 0.5) is 0 Å². The van der Waals surface area contributed by atoms with Crippen LogP contribution in [0.5, 0.6) is 0 Å². The first-order valence-electron chi connectivity index (χ1n) is 8.33. The first-order valence-corrected chi connectivity index (χ1v) is 8.33. The highest BCUT2D eigenvalue weighted by molar-refractivity contribution is 4.93. The molecule has 1 heterocycles. The molecule has 2 aliphatic rings. The average molecular weight is 284 g/mol. The van der Waals surface area contributed by atoms with Gasteiger partial charge in [0.25, 0.3) is 0 Å². The molecule has 1 saturated carbocycles. The van der Waals surface area contributed by atoms with Crippen LogP contribution in [0, 0.1) is 0 Å². The molecule has 0 aromatic heterocycles. The number of morpholine rings is 1. The lowest BCUT2D eigenvalue weighted by molar-refractivity contribution is -0.104. The zero-order valence-corrected chi connectivity index (χ0v) is 13.4. The number of nitrogens with one attached hydrogen (secondary N) is 1. The summed E-state index contributed by atoms with van der Waals surface area (Å²) in [5.41, 5.74) is -0.170. The molecule has 4 atom stereocenters. The molecule has 118 valence electrons. The molecule has 2 fully saturated rings. The molecule has 1 aliphatic heterocycles. The summed E-state index contributed by atoms with van der Waals surface area (Å²) < 4.78 is 5.96. The van der Waals surface area contributed by atoms with Crippen LogP contribution in [0.25, 0.3) is 0 Å². The van der Waals surface area contributed by atoms with Crippen molar-refractivity contribution in [2.45, 2.75) is 76.6 Å². The van der Waals surface area contributed by atoms with Crippen molar-refractivity contribution in [2.24, 2.45) is 0 Å². The van der Waals surface area contributed by atoms with Gasteiger partial charge in [-0.3, -0.25) is 4.90 Å². The van der Waals surface area contributed by atoms with Crippen LogP contribution in [0.15, 0.2) is 0 Å². The maximum Gasteiger partial charge on any atom is 0.0731 e. The molecule has 0 aromatic rings. The normalized spacial score (nSPS) is 32.4. The highest BCUT2D eigenvalue weighted by Crippen LogP contribution is 2.31. The van der Waals surface area contributed by atoms with Crippen LogP contribution in [0.3, 0.4) is 0 Å². The lowest BCUT2D eigenvalue weighted by Gasteiger charge is -2.48. The molecule has 0 amide bonds. The van der Waals surface area contributed by atoms with Gasteiger partial charge >= 0.3 is 0 Å². The lowest BCUT2D eigenvalue weighted by atomic mass is 9.87. The van der Waals surface area contributed by atoms with Gasteiger partial charge in [0.05, 0.1) is 19.3 Å². The number of ether oxygens (including phenoxy) is 1. The Morgan fingerprint density at radius 2 is 2.15 bits per heavy atom. The molecular formula is C16H32N2O2. The third-order valence-corrected chi connectivity index (χ3v) is 5.04. The van der Waals surface area contributed by atoms with E-state index >= 15 is 0 Å². The first-order chi connectivity index (χ1) is 9.59. The molecule has 0 aromatic carbocycles. The molecule has 1 aliphatic carbocycles. The van der Waals surface area contributed by atoms with Crippen molar-refractivity contribution in [2.75, 3.05) is 26.3 Å². The average Bonchev–Trinajstić information content (AvgIpc) is 2.46. The summed E-state index contributed by atoms with van der Waals surface area (Å²) in [7, 11) is 0. The predicted molar refractivity (Wildman–Crippen MR) is 81.9 cm³/mol. The SMILES string of the molecule is CCNC(C)(CO)CC(C)N1CCOC2CCCCC21. The summed E-state index contributed by atoms with van der Waals surface area (Å²) in [6.07, 6.45) is 6.57. The van der Waals surface area contributed by atoms with Gasteiger partial charge in [-0.05, 0) is 39.7 Å². The number of hydrogen-bond donors (Lipinski definition) is 2. The van der Waals surface area contributed by atoms with Crippen LogP contribution in [-0.2, 0) is 4.74 Å². The van der Waals surface area contributed by atoms with E-state index in [1.807, 2.05) is 0 Å². The summed E-state index contributed by atoms with van der Waals surface area (Å²) in [5, 5.41) is 13.1. The number of aliphatic hydroxyl groups excluding tert-OH is 1. The summed E-state index contributed by atoms with van der Waals surface area (Å²) >= 11 is 0. The third kappa shape index (κ3) is 3.73. The molecule has 4 unspecified atom stereocenters. The van der Waals surface area contributed by atoms with Gasteiger partial charge in [0.2, 0.25) is 0 Å². The second kappa shape index (κ2) is 7.21. The minimum atomic E-state index is -0.170. The highest BCUT2D eigenvalue weighted by Gasteiger charge is 2.38. The van der Waals surface area contributed by atoms with Crippen molar-refractivity contribution in [3.63, 3.8) is 0 Å². The summed E-state index contributed by atoms with van der Waals surface area (Å²) in [4.78, 5) is 2.64. The van der Waals surface area contributed by atoms with Crippen LogP contribution < -0.4 is 5.32 Å². The monoisotopic (exact) mass is 284 g/mol. The number of hydrogen-bond acceptors (Lipinski definition) is 4. The van der Waals surface area contributed by atoms with Gasteiger partial charge in [-0.1, -0.05) is 19.8 Å². The van der Waals surface area contributed by atoms with Crippen molar-refractivity contribution in [1.82, 2.24) is 10.2 Å². The standard InChI is InChI=1S/C16H32N2O2/c1-4-17-16(3,12-19)11-13(2)18-9-10-20-15-8-6-5-7-14(15)18/h13-15,17,19H,4-12H2,1-3H3. The Hall–Kier alpha value is -0.160. The van der Waals surface area contributed by atoms with Gasteiger partial charge in [-0.2, -0.15) is 0 Å². The van der Waals surface area contributed by atoms with Crippen LogP contribution in [-0.4, -0.2) is 60.0 Å². The van der Waals surface area contributed by atoms with Gasteiger partial charge in [0.1, 0.15) is 0 Å². The molecule has 2 N–H and O–H groups in total. The number of nitrogens with zero attached hydrogens (tertiary/aromatic N) is 1. The van der Waals surface area contributed by atoms with Crippen molar-refractivity contribution in [1.29, 1.82) is 0 Å². The second-order valence-corrected chi connectivity index (χ2v) is 6.80. The molecule has 2 rings (SSSR count). The van der Waals surface area contributed by atoms with E-state index in [0.717, 1.165) is 26.1 Å². The molecule has 0 spiro atoms. The Morgan fingerprint density at radius 1 is 1.40 bits per heavy atom. The maximum absolute atomic E-state index is 9.69. The third-order valence-electron chi connectivity index (χ3n) is 5.04. The Morgan fingerprint density at radius 3 is 2.85 bits per heavy atom. The van der Waals surface area contributed by atoms with Gasteiger partial charge in [-0.15, -0.1) is 0 Å². The van der Waals surface area contributed by atoms with E-state index in [4.69, 9.17) is 4.74 Å². The van der Waals surface area contributed by atoms with Gasteiger partial charge in [-0.25, -0.2) is 0 Å². The fraction of sp³-hybridized carbons (Fsp3) is 1.00. The Bertz CT molecular complexity index is 298. The Kier molecular flexibility index (Phi) is 5.84. The lowest BCUT2D eigenvalue weighted by Crippen LogP contribution is -2.58. The van der Waals surface area contributed by atoms with Crippen molar-refractivity contribution >= 4 is 0 Å². The Balaban J connectivity index is 1.97. The van der Waals surface area contributed by atoms with Gasteiger partial charge in [0.15, 0.2) is 0 Å². The number of rotatable bonds is 6. The summed E-state index contributed by atoms with van der Waals surface area (Å²) in [5.74, 6) is 0. The highest BCUT2D eigenvalue weighted by atomic mass is 16.5. The molecule has 20 heavy (non-hydrogen) atoms. The fourth-order valence-electron chi connectivity index (χ4n) is 4.06. The van der Waals surface area contributed by atoms with E-state index in [1.54, 1.807) is 0 Å². The van der Waals surface area contributed by atoms with Crippen molar-refractivity contribution < 1.29 is 9.84 Å². The van der Waals surface area contributed by atoms with Crippen LogP contribution in [0.1, 0.15) is 52.9 Å². The summed E-state index contributed by atoms with van der Waals surface area (Å²) in [6, 6.07) is 1.08. The molecule has 1 saturated heterocycles. The van der Waals surface area contributed by atoms with Gasteiger partial charge in [0, 0.05) is 24.2 Å². The van der Waals surface area contributed by atoms with E-state index in [1.165, 1.54) is 25.7 Å². The quantitative estimate of drug-likeness (QED) is 0.780. The van der Waals surface area contributed by atoms with Gasteiger partial charge < -0.3 is 15.2 Å². The van der Waals surface area contributed by atoms with Crippen molar-refractivity contribution in [3.05, 3.63) is 0 Å². The van der Waals surface area contributed by atoms with E-state index in [-0.39, 0.29) is 12.1 Å². The molecule has 0 bridgehead atoms. The number of aliphatic hydroxyl groups is 1.